The van der Waals surface area contributed by atoms with Gasteiger partial charge in [0.05, 0.1) is 22.0 Å². The van der Waals surface area contributed by atoms with Crippen LogP contribution in [0.25, 0.3) is 0 Å². The number of hydrogen-bond acceptors (Lipinski definition) is 4. The van der Waals surface area contributed by atoms with Crippen LogP contribution < -0.4 is 9.62 Å². The zero-order valence-corrected chi connectivity index (χ0v) is 24.5. The van der Waals surface area contributed by atoms with Gasteiger partial charge in [-0.1, -0.05) is 59.4 Å². The van der Waals surface area contributed by atoms with E-state index in [0.29, 0.717) is 15.6 Å². The molecule has 0 radical (unpaired) electrons. The summed E-state index contributed by atoms with van der Waals surface area (Å²) < 4.78 is 26.2. The molecule has 2 aromatic carbocycles. The first-order valence-electron chi connectivity index (χ1n) is 11.0. The van der Waals surface area contributed by atoms with Gasteiger partial charge in [-0.3, -0.25) is 13.9 Å². The fourth-order valence-corrected chi connectivity index (χ4v) is 5.17. The molecular weight excluding hydrogens is 568 g/mol. The predicted molar refractivity (Wildman–Crippen MR) is 148 cm³/mol. The molecule has 0 aliphatic carbocycles. The van der Waals surface area contributed by atoms with E-state index in [1.54, 1.807) is 25.1 Å². The van der Waals surface area contributed by atoms with Gasteiger partial charge < -0.3 is 10.2 Å². The van der Waals surface area contributed by atoms with Crippen molar-refractivity contribution in [2.75, 3.05) is 17.1 Å². The number of rotatable bonds is 9. The van der Waals surface area contributed by atoms with Crippen LogP contribution in [-0.2, 0) is 26.2 Å². The second-order valence-corrected chi connectivity index (χ2v) is 12.9. The Labute approximate surface area is 232 Å². The first-order chi connectivity index (χ1) is 16.5. The van der Waals surface area contributed by atoms with Gasteiger partial charge >= 0.3 is 0 Å². The summed E-state index contributed by atoms with van der Waals surface area (Å²) in [6.07, 6.45) is 1.26. The lowest BCUT2D eigenvalue weighted by atomic mass is 10.1. The molecule has 0 fully saturated rings. The van der Waals surface area contributed by atoms with Crippen molar-refractivity contribution >= 4 is 73.9 Å². The van der Waals surface area contributed by atoms with Crippen LogP contribution in [0.1, 0.15) is 39.7 Å². The molecule has 1 N–H and O–H groups in total. The molecule has 2 amide bonds. The maximum absolute atomic E-state index is 13.7. The molecule has 7 nitrogen and oxygen atoms in total. The molecule has 0 heterocycles. The number of halogens is 4. The largest absolute Gasteiger partial charge is 0.350 e. The normalized spacial score (nSPS) is 12.7. The maximum atomic E-state index is 13.7. The van der Waals surface area contributed by atoms with Gasteiger partial charge in [-0.05, 0) is 63.1 Å². The Kier molecular flexibility index (Phi) is 10.4. The molecule has 198 valence electrons. The van der Waals surface area contributed by atoms with E-state index in [0.717, 1.165) is 10.6 Å². The summed E-state index contributed by atoms with van der Waals surface area (Å²) in [5.74, 6) is -0.964. The molecule has 0 aromatic heterocycles. The molecule has 0 aliphatic heterocycles. The Morgan fingerprint density at radius 2 is 1.56 bits per heavy atom. The van der Waals surface area contributed by atoms with Gasteiger partial charge in [-0.2, -0.15) is 0 Å². The standard InChI is InChI=1S/C24H29Cl4N3O4S/c1-6-21(23(33)29-24(2,3)4)30(13-15-7-8-19(27)20(28)9-15)22(32)14-31(36(5,34)35)18-11-16(25)10-17(26)12-18/h7-12,21H,6,13-14H2,1-5H3,(H,29,33)/t21-/m1/s1. The molecule has 1 atom stereocenters. The first-order valence-corrected chi connectivity index (χ1v) is 14.4. The topological polar surface area (TPSA) is 86.8 Å². The van der Waals surface area contributed by atoms with Crippen molar-refractivity contribution < 1.29 is 18.0 Å². The second kappa shape index (κ2) is 12.2. The molecule has 2 rings (SSSR count). The zero-order chi connectivity index (χ0) is 27.4. The number of benzene rings is 2. The van der Waals surface area contributed by atoms with Gasteiger partial charge in [0.15, 0.2) is 0 Å². The molecule has 0 bridgehead atoms. The zero-order valence-electron chi connectivity index (χ0n) is 20.6. The fourth-order valence-electron chi connectivity index (χ4n) is 3.50. The van der Waals surface area contributed by atoms with E-state index >= 15 is 0 Å². The minimum Gasteiger partial charge on any atom is -0.350 e. The number of hydrogen-bond donors (Lipinski definition) is 1. The highest BCUT2D eigenvalue weighted by molar-refractivity contribution is 7.92. The summed E-state index contributed by atoms with van der Waals surface area (Å²) in [6.45, 7) is 6.69. The monoisotopic (exact) mass is 595 g/mol. The highest BCUT2D eigenvalue weighted by Gasteiger charge is 2.33. The molecular formula is C24H29Cl4N3O4S. The van der Waals surface area contributed by atoms with Crippen LogP contribution in [0.4, 0.5) is 5.69 Å². The van der Waals surface area contributed by atoms with Crippen molar-refractivity contribution in [3.05, 3.63) is 62.1 Å². The molecule has 12 heteroatoms. The van der Waals surface area contributed by atoms with E-state index in [2.05, 4.69) is 5.32 Å². The Morgan fingerprint density at radius 1 is 0.972 bits per heavy atom. The van der Waals surface area contributed by atoms with E-state index in [9.17, 15) is 18.0 Å². The Balaban J connectivity index is 2.52. The quantitative estimate of drug-likeness (QED) is 0.397. The summed E-state index contributed by atoms with van der Waals surface area (Å²) in [6, 6.07) is 8.25. The summed E-state index contributed by atoms with van der Waals surface area (Å²) in [4.78, 5) is 28.2. The summed E-state index contributed by atoms with van der Waals surface area (Å²) in [5, 5.41) is 3.95. The minimum absolute atomic E-state index is 0.000302. The van der Waals surface area contributed by atoms with E-state index < -0.39 is 34.1 Å². The predicted octanol–water partition coefficient (Wildman–Crippen LogP) is 5.79. The Morgan fingerprint density at radius 3 is 2.03 bits per heavy atom. The number of anilines is 1. The number of nitrogens with one attached hydrogen (secondary N) is 1. The van der Waals surface area contributed by atoms with E-state index in [4.69, 9.17) is 46.4 Å². The number of nitrogens with zero attached hydrogens (tertiary/aromatic N) is 2. The molecule has 0 saturated carbocycles. The van der Waals surface area contributed by atoms with Crippen molar-refractivity contribution in [3.8, 4) is 0 Å². The van der Waals surface area contributed by atoms with Gasteiger partial charge in [0, 0.05) is 22.1 Å². The third-order valence-electron chi connectivity index (χ3n) is 5.04. The lowest BCUT2D eigenvalue weighted by Gasteiger charge is -2.34. The van der Waals surface area contributed by atoms with Crippen LogP contribution in [0.2, 0.25) is 20.1 Å². The van der Waals surface area contributed by atoms with Crippen molar-refractivity contribution in [1.82, 2.24) is 10.2 Å². The van der Waals surface area contributed by atoms with E-state index in [1.165, 1.54) is 23.1 Å². The highest BCUT2D eigenvalue weighted by Crippen LogP contribution is 2.28. The third kappa shape index (κ3) is 8.70. The second-order valence-electron chi connectivity index (χ2n) is 9.33. The molecule has 0 unspecified atom stereocenters. The summed E-state index contributed by atoms with van der Waals surface area (Å²) in [5.41, 5.74) is 0.209. The van der Waals surface area contributed by atoms with Crippen molar-refractivity contribution in [1.29, 1.82) is 0 Å². The van der Waals surface area contributed by atoms with Crippen LogP contribution in [0.15, 0.2) is 36.4 Å². The fraction of sp³-hybridized carbons (Fsp3) is 0.417. The van der Waals surface area contributed by atoms with E-state index in [-0.39, 0.29) is 34.6 Å². The Bertz CT molecular complexity index is 1210. The maximum Gasteiger partial charge on any atom is 0.244 e. The lowest BCUT2D eigenvalue weighted by molar-refractivity contribution is -0.141. The van der Waals surface area contributed by atoms with Crippen LogP contribution in [0, 0.1) is 0 Å². The summed E-state index contributed by atoms with van der Waals surface area (Å²) in [7, 11) is -3.92. The van der Waals surface area contributed by atoms with Crippen LogP contribution in [0.3, 0.4) is 0 Å². The van der Waals surface area contributed by atoms with Crippen LogP contribution >= 0.6 is 46.4 Å². The minimum atomic E-state index is -3.92. The van der Waals surface area contributed by atoms with Crippen molar-refractivity contribution in [2.24, 2.45) is 0 Å². The molecule has 0 spiro atoms. The van der Waals surface area contributed by atoms with Gasteiger partial charge in [0.2, 0.25) is 21.8 Å². The number of amides is 2. The number of carbonyl (C=O) groups excluding carboxylic acids is 2. The van der Waals surface area contributed by atoms with Gasteiger partial charge in [-0.25, -0.2) is 8.42 Å². The van der Waals surface area contributed by atoms with Crippen LogP contribution in [-0.4, -0.2) is 49.5 Å². The summed E-state index contributed by atoms with van der Waals surface area (Å²) >= 11 is 24.4. The molecule has 36 heavy (non-hydrogen) atoms. The average Bonchev–Trinajstić information content (AvgIpc) is 2.71. The van der Waals surface area contributed by atoms with E-state index in [1.807, 2.05) is 20.8 Å². The van der Waals surface area contributed by atoms with Crippen LogP contribution in [0.5, 0.6) is 0 Å². The van der Waals surface area contributed by atoms with Crippen molar-refractivity contribution in [2.45, 2.75) is 52.2 Å². The van der Waals surface area contributed by atoms with Gasteiger partial charge in [-0.15, -0.1) is 0 Å². The van der Waals surface area contributed by atoms with Gasteiger partial charge in [0.1, 0.15) is 12.6 Å². The van der Waals surface area contributed by atoms with Gasteiger partial charge in [0.25, 0.3) is 0 Å². The smallest absolute Gasteiger partial charge is 0.244 e. The SMILES string of the molecule is CC[C@H](C(=O)NC(C)(C)C)N(Cc1ccc(Cl)c(Cl)c1)C(=O)CN(c1cc(Cl)cc(Cl)c1)S(C)(=O)=O. The molecule has 2 aromatic rings. The number of sulfonamides is 1. The lowest BCUT2D eigenvalue weighted by Crippen LogP contribution is -2.55. The third-order valence-corrected chi connectivity index (χ3v) is 7.35. The van der Waals surface area contributed by atoms with Crippen molar-refractivity contribution in [3.63, 3.8) is 0 Å². The molecule has 0 aliphatic rings. The average molecular weight is 597 g/mol. The first kappa shape index (κ1) is 30.5. The number of carbonyl (C=O) groups is 2. The highest BCUT2D eigenvalue weighted by atomic mass is 35.5. The Hall–Kier alpha value is -1.71. The molecule has 0 saturated heterocycles.